The van der Waals surface area contributed by atoms with Crippen molar-refractivity contribution in [1.29, 1.82) is 0 Å². The second-order valence-corrected chi connectivity index (χ2v) is 6.26. The van der Waals surface area contributed by atoms with Gasteiger partial charge in [0.25, 0.3) is 0 Å². The second kappa shape index (κ2) is 7.03. The maximum absolute atomic E-state index is 4.96. The predicted octanol–water partition coefficient (Wildman–Crippen LogP) is 2.46. The third kappa shape index (κ3) is 3.39. The number of anilines is 1. The molecule has 0 amide bonds. The van der Waals surface area contributed by atoms with Crippen LogP contribution >= 0.6 is 0 Å². The second-order valence-electron chi connectivity index (χ2n) is 6.26. The monoisotopic (exact) mass is 335 g/mol. The van der Waals surface area contributed by atoms with Gasteiger partial charge in [-0.05, 0) is 13.0 Å². The summed E-state index contributed by atoms with van der Waals surface area (Å²) in [5.41, 5.74) is 4.30. The number of rotatable bonds is 4. The van der Waals surface area contributed by atoms with E-state index in [-0.39, 0.29) is 0 Å². The summed E-state index contributed by atoms with van der Waals surface area (Å²) in [5.74, 6) is 1.76. The molecule has 0 atom stereocenters. The van der Waals surface area contributed by atoms with Crippen LogP contribution in [0.1, 0.15) is 17.0 Å². The van der Waals surface area contributed by atoms with Gasteiger partial charge in [0, 0.05) is 37.2 Å². The molecular weight excluding hydrogens is 314 g/mol. The lowest BCUT2D eigenvalue weighted by molar-refractivity contribution is 0.411. The van der Waals surface area contributed by atoms with Crippen LogP contribution in [0.25, 0.3) is 11.4 Å². The first-order valence-electron chi connectivity index (χ1n) is 8.57. The van der Waals surface area contributed by atoms with Gasteiger partial charge in [0.15, 0.2) is 5.82 Å². The van der Waals surface area contributed by atoms with Crippen LogP contribution in [0.15, 0.2) is 47.2 Å². The molecule has 0 saturated heterocycles. The van der Waals surface area contributed by atoms with E-state index in [0.717, 1.165) is 54.5 Å². The fourth-order valence-corrected chi connectivity index (χ4v) is 3.19. The Morgan fingerprint density at radius 2 is 1.92 bits per heavy atom. The smallest absolute Gasteiger partial charge is 0.161 e. The molecule has 0 radical (unpaired) electrons. The van der Waals surface area contributed by atoms with Crippen LogP contribution in [0, 0.1) is 0 Å². The zero-order chi connectivity index (χ0) is 17.1. The van der Waals surface area contributed by atoms with Crippen LogP contribution in [-0.4, -0.2) is 35.3 Å². The van der Waals surface area contributed by atoms with Crippen molar-refractivity contribution >= 4 is 5.82 Å². The molecule has 0 unspecified atom stereocenters. The molecule has 2 aromatic heterocycles. The van der Waals surface area contributed by atoms with Crippen LogP contribution in [0.5, 0.6) is 0 Å². The lowest BCUT2D eigenvalue weighted by Gasteiger charge is -2.22. The van der Waals surface area contributed by atoms with Crippen molar-refractivity contribution in [2.24, 2.45) is 0 Å². The summed E-state index contributed by atoms with van der Waals surface area (Å²) < 4.78 is 4.96. The normalized spacial score (nSPS) is 14.0. The Bertz CT molecular complexity index is 833. The van der Waals surface area contributed by atoms with E-state index in [0.29, 0.717) is 6.54 Å². The van der Waals surface area contributed by atoms with Crippen LogP contribution in [0.4, 0.5) is 5.82 Å². The fourth-order valence-electron chi connectivity index (χ4n) is 3.19. The summed E-state index contributed by atoms with van der Waals surface area (Å²) in [7, 11) is 2.05. The van der Waals surface area contributed by atoms with E-state index < -0.39 is 0 Å². The van der Waals surface area contributed by atoms with Crippen molar-refractivity contribution < 1.29 is 4.52 Å². The third-order valence-electron chi connectivity index (χ3n) is 4.45. The summed E-state index contributed by atoms with van der Waals surface area (Å²) in [6.07, 6.45) is 3.45. The lowest BCUT2D eigenvalue weighted by Crippen LogP contribution is -2.22. The summed E-state index contributed by atoms with van der Waals surface area (Å²) in [6, 6.07) is 12.0. The molecule has 0 spiro atoms. The van der Waals surface area contributed by atoms with E-state index in [9.17, 15) is 0 Å². The maximum atomic E-state index is 4.96. The van der Waals surface area contributed by atoms with Gasteiger partial charge in [-0.2, -0.15) is 0 Å². The van der Waals surface area contributed by atoms with Crippen molar-refractivity contribution in [3.63, 3.8) is 0 Å². The first-order valence-corrected chi connectivity index (χ1v) is 8.57. The SMILES string of the molecule is CN(Cc1ccon1)c1nc(-c2ccccc2)nc2c1CCNCC2. The summed E-state index contributed by atoms with van der Waals surface area (Å²) >= 11 is 0. The molecule has 3 aromatic rings. The standard InChI is InChI=1S/C19H21N5O/c1-24(13-15-9-12-25-23-15)19-16-7-10-20-11-8-17(16)21-18(22-19)14-5-3-2-4-6-14/h2-6,9,12,20H,7-8,10-11,13H2,1H3. The van der Waals surface area contributed by atoms with Crippen LogP contribution in [-0.2, 0) is 19.4 Å². The van der Waals surface area contributed by atoms with Crippen molar-refractivity contribution in [1.82, 2.24) is 20.4 Å². The Kier molecular flexibility index (Phi) is 4.43. The Hall–Kier alpha value is -2.73. The van der Waals surface area contributed by atoms with E-state index in [1.807, 2.05) is 31.3 Å². The van der Waals surface area contributed by atoms with Crippen molar-refractivity contribution in [3.05, 3.63) is 59.6 Å². The van der Waals surface area contributed by atoms with Gasteiger partial charge in [0.1, 0.15) is 17.8 Å². The van der Waals surface area contributed by atoms with Gasteiger partial charge in [-0.15, -0.1) is 0 Å². The number of aromatic nitrogens is 3. The molecule has 25 heavy (non-hydrogen) atoms. The van der Waals surface area contributed by atoms with E-state index >= 15 is 0 Å². The molecule has 6 nitrogen and oxygen atoms in total. The molecule has 0 fully saturated rings. The van der Waals surface area contributed by atoms with Crippen LogP contribution in [0.3, 0.4) is 0 Å². The summed E-state index contributed by atoms with van der Waals surface area (Å²) in [5, 5.41) is 7.47. The van der Waals surface area contributed by atoms with Gasteiger partial charge in [-0.1, -0.05) is 35.5 Å². The highest BCUT2D eigenvalue weighted by Crippen LogP contribution is 2.27. The zero-order valence-electron chi connectivity index (χ0n) is 14.3. The summed E-state index contributed by atoms with van der Waals surface area (Å²) in [6.45, 7) is 2.55. The minimum atomic E-state index is 0.654. The number of hydrogen-bond donors (Lipinski definition) is 1. The van der Waals surface area contributed by atoms with E-state index in [1.165, 1.54) is 5.56 Å². The molecule has 6 heteroatoms. The van der Waals surface area contributed by atoms with E-state index in [4.69, 9.17) is 14.5 Å². The highest BCUT2D eigenvalue weighted by Gasteiger charge is 2.20. The zero-order valence-corrected chi connectivity index (χ0v) is 14.3. The fraction of sp³-hybridized carbons (Fsp3) is 0.316. The largest absolute Gasteiger partial charge is 0.364 e. The Morgan fingerprint density at radius 1 is 1.08 bits per heavy atom. The number of nitrogens with zero attached hydrogens (tertiary/aromatic N) is 4. The average molecular weight is 335 g/mol. The Labute approximate surface area is 146 Å². The molecule has 4 rings (SSSR count). The van der Waals surface area contributed by atoms with Crippen LogP contribution < -0.4 is 10.2 Å². The number of benzene rings is 1. The lowest BCUT2D eigenvalue weighted by atomic mass is 10.1. The van der Waals surface area contributed by atoms with Gasteiger partial charge in [-0.25, -0.2) is 9.97 Å². The number of nitrogens with one attached hydrogen (secondary N) is 1. The van der Waals surface area contributed by atoms with Gasteiger partial charge in [0.05, 0.1) is 12.2 Å². The topological polar surface area (TPSA) is 67.1 Å². The average Bonchev–Trinajstić information content (AvgIpc) is 3.04. The van der Waals surface area contributed by atoms with E-state index in [1.54, 1.807) is 6.26 Å². The first kappa shape index (κ1) is 15.8. The highest BCUT2D eigenvalue weighted by atomic mass is 16.5. The molecule has 1 aliphatic rings. The van der Waals surface area contributed by atoms with Crippen molar-refractivity contribution in [2.45, 2.75) is 19.4 Å². The molecule has 1 N–H and O–H groups in total. The molecule has 3 heterocycles. The first-order chi connectivity index (χ1) is 12.3. The van der Waals surface area contributed by atoms with Gasteiger partial charge < -0.3 is 14.7 Å². The number of hydrogen-bond acceptors (Lipinski definition) is 6. The van der Waals surface area contributed by atoms with Crippen molar-refractivity contribution in [2.75, 3.05) is 25.0 Å². The maximum Gasteiger partial charge on any atom is 0.161 e. The van der Waals surface area contributed by atoms with Gasteiger partial charge >= 0.3 is 0 Å². The molecule has 1 aliphatic heterocycles. The summed E-state index contributed by atoms with van der Waals surface area (Å²) in [4.78, 5) is 11.9. The molecule has 0 aliphatic carbocycles. The molecule has 0 saturated carbocycles. The van der Waals surface area contributed by atoms with Gasteiger partial charge in [0.2, 0.25) is 0 Å². The molecule has 0 bridgehead atoms. The third-order valence-corrected chi connectivity index (χ3v) is 4.45. The van der Waals surface area contributed by atoms with E-state index in [2.05, 4.69) is 27.5 Å². The molecule has 128 valence electrons. The highest BCUT2D eigenvalue weighted by molar-refractivity contribution is 5.60. The Balaban J connectivity index is 1.77. The predicted molar refractivity (Wildman–Crippen MR) is 96.4 cm³/mol. The number of fused-ring (bicyclic) bond motifs is 1. The quantitative estimate of drug-likeness (QED) is 0.790. The molecule has 1 aromatic carbocycles. The van der Waals surface area contributed by atoms with Crippen LogP contribution in [0.2, 0.25) is 0 Å². The minimum Gasteiger partial charge on any atom is -0.364 e. The van der Waals surface area contributed by atoms with Crippen molar-refractivity contribution in [3.8, 4) is 11.4 Å². The van der Waals surface area contributed by atoms with Gasteiger partial charge in [-0.3, -0.25) is 0 Å². The minimum absolute atomic E-state index is 0.654. The Morgan fingerprint density at radius 3 is 2.72 bits per heavy atom. The molecular formula is C19H21N5O.